The van der Waals surface area contributed by atoms with Gasteiger partial charge in [-0.2, -0.15) is 0 Å². The molecule has 4 fully saturated rings. The van der Waals surface area contributed by atoms with Crippen LogP contribution in [0.15, 0.2) is 51.1 Å². The maximum Gasteiger partial charge on any atom is 0.330 e. The number of thioether (sulfide) groups is 2. The van der Waals surface area contributed by atoms with E-state index in [2.05, 4.69) is 44.8 Å². The molecule has 1 aromatic rings. The Morgan fingerprint density at radius 2 is 0.986 bits per heavy atom. The molecule has 0 bridgehead atoms. The van der Waals surface area contributed by atoms with E-state index in [4.69, 9.17) is 35.0 Å². The fourth-order valence-corrected chi connectivity index (χ4v) is 13.7. The highest BCUT2D eigenvalue weighted by Crippen LogP contribution is 2.59. The van der Waals surface area contributed by atoms with Gasteiger partial charge in [-0.3, -0.25) is 19.2 Å². The molecule has 1 aromatic carbocycles. The third-order valence-electron chi connectivity index (χ3n) is 15.5. The van der Waals surface area contributed by atoms with Crippen LogP contribution in [0.25, 0.3) is 4.85 Å². The summed E-state index contributed by atoms with van der Waals surface area (Å²) in [7, 11) is 1.46. The third-order valence-corrected chi connectivity index (χ3v) is 18.2. The first-order valence-corrected chi connectivity index (χ1v) is 28.4. The molecular weight excluding hydrogens is 981 g/mol. The fraction of sp³-hybridized carbons (Fsp3) is 0.655. The van der Waals surface area contributed by atoms with E-state index in [9.17, 15) is 34.0 Å². The van der Waals surface area contributed by atoms with Crippen molar-refractivity contribution in [3.8, 4) is 11.8 Å². The van der Waals surface area contributed by atoms with E-state index in [-0.39, 0.29) is 58.7 Å². The van der Waals surface area contributed by atoms with Gasteiger partial charge in [0, 0.05) is 22.6 Å². The Morgan fingerprint density at radius 3 is 1.34 bits per heavy atom. The second-order valence-electron chi connectivity index (χ2n) is 21.4. The Morgan fingerprint density at radius 1 is 0.622 bits per heavy atom. The Bertz CT molecular complexity index is 2240. The molecule has 0 N–H and O–H groups in total. The van der Waals surface area contributed by atoms with Crippen LogP contribution >= 0.6 is 23.5 Å². The highest BCUT2D eigenvalue weighted by atomic mass is 32.2. The smallest absolute Gasteiger partial charge is 0.330 e. The molecule has 14 nitrogen and oxygen atoms in total. The maximum atomic E-state index is 13.6. The van der Waals surface area contributed by atoms with Crippen LogP contribution in [0.4, 0.5) is 0 Å². The molecule has 0 radical (unpaired) electrons. The monoisotopic (exact) mass is 1060 g/mol. The molecule has 0 aromatic heterocycles. The number of nitriles is 1. The largest absolute Gasteiger partial charge is 0.469 e. The van der Waals surface area contributed by atoms with Gasteiger partial charge in [0.2, 0.25) is 0 Å². The SMILES string of the molecule is C=CC(=O)OCCCCOC(=O)C1CCC(C2CCC(C(=O)OC)CC2)CC1.[C-]#[N+]/C(C#N)=C1\Sc2c(C)cc(C(C)(C)C)c(OC(=O)C3CCC(C4CCC(C(=O)OCCCCOC(=O)C=C)CC4)CC3)c2S1. The number of ether oxygens (including phenoxy) is 6. The number of benzene rings is 1. The number of allylic oxidation sites excluding steroid dienone is 1. The van der Waals surface area contributed by atoms with Crippen LogP contribution in [0.2, 0.25) is 0 Å². The first kappa shape index (κ1) is 59.8. The standard InChI is InChI=1S/C36H44N2O6S2.C22H34O6/c1-7-29(39)42-18-8-9-19-43-33(40)25-14-10-23(11-15-25)24-12-16-26(17-13-24)34(41)44-30-27(36(3,4)5)20-22(2)31-32(30)46-35(45-31)28(21-37)38-6;1-3-20(23)27-14-4-5-15-28-22(25)19-12-8-17(9-13-19)16-6-10-18(11-7-16)21(24)26-2/h7,20,23-26H,1,8-19H2,2-5H3;3,16-19H,1,4-15H2,2H3/b35-28+;. The Kier molecular flexibility index (Phi) is 24.2. The lowest BCUT2D eigenvalue weighted by Gasteiger charge is -2.37. The van der Waals surface area contributed by atoms with E-state index in [0.717, 1.165) is 136 Å². The molecule has 4 aliphatic carbocycles. The van der Waals surface area contributed by atoms with Crippen molar-refractivity contribution in [3.63, 3.8) is 0 Å². The molecule has 74 heavy (non-hydrogen) atoms. The fourth-order valence-electron chi connectivity index (χ4n) is 11.2. The summed E-state index contributed by atoms with van der Waals surface area (Å²) in [4.78, 5) is 77.3. The quantitative estimate of drug-likeness (QED) is 0.0242. The number of unbranched alkanes of at least 4 members (excludes halogenated alkanes) is 2. The van der Waals surface area contributed by atoms with Crippen molar-refractivity contribution in [1.29, 1.82) is 5.26 Å². The van der Waals surface area contributed by atoms with E-state index in [0.29, 0.717) is 85.8 Å². The molecule has 0 atom stereocenters. The normalized spacial score (nSPS) is 25.1. The van der Waals surface area contributed by atoms with Gasteiger partial charge in [0.05, 0.1) is 79.0 Å². The molecule has 1 heterocycles. The molecule has 0 saturated heterocycles. The van der Waals surface area contributed by atoms with Crippen molar-refractivity contribution in [2.45, 2.75) is 171 Å². The van der Waals surface area contributed by atoms with Gasteiger partial charge in [-0.1, -0.05) is 63.5 Å². The number of hydrogen-bond acceptors (Lipinski definition) is 15. The van der Waals surface area contributed by atoms with E-state index in [1.165, 1.54) is 30.6 Å². The van der Waals surface area contributed by atoms with Gasteiger partial charge in [0.15, 0.2) is 0 Å². The zero-order chi connectivity index (χ0) is 53.8. The van der Waals surface area contributed by atoms with Crippen molar-refractivity contribution in [1.82, 2.24) is 0 Å². The first-order chi connectivity index (χ1) is 35.5. The lowest BCUT2D eigenvalue weighted by molar-refractivity contribution is -0.151. The first-order valence-electron chi connectivity index (χ1n) is 26.8. The number of fused-ring (bicyclic) bond motifs is 1. The van der Waals surface area contributed by atoms with Crippen molar-refractivity contribution in [3.05, 3.63) is 63.9 Å². The van der Waals surface area contributed by atoms with E-state index < -0.39 is 11.9 Å². The number of carbonyl (C=O) groups is 6. The van der Waals surface area contributed by atoms with Crippen LogP contribution in [0.3, 0.4) is 0 Å². The number of aryl methyl sites for hydroxylation is 1. The number of hydrogen-bond donors (Lipinski definition) is 0. The number of nitrogens with zero attached hydrogens (tertiary/aromatic N) is 2. The molecule has 4 saturated carbocycles. The summed E-state index contributed by atoms with van der Waals surface area (Å²) in [6.07, 6.45) is 20.1. The Balaban J connectivity index is 0.000000309. The average molecular weight is 1060 g/mol. The van der Waals surface area contributed by atoms with Gasteiger partial charge in [-0.05, 0) is 170 Å². The van der Waals surface area contributed by atoms with Gasteiger partial charge < -0.3 is 28.4 Å². The number of methoxy groups -OCH3 is 1. The predicted molar refractivity (Wildman–Crippen MR) is 283 cm³/mol. The minimum absolute atomic E-state index is 0.0150. The number of rotatable bonds is 19. The molecule has 16 heteroatoms. The zero-order valence-corrected chi connectivity index (χ0v) is 46.0. The van der Waals surface area contributed by atoms with Crippen molar-refractivity contribution >= 4 is 59.3 Å². The summed E-state index contributed by atoms with van der Waals surface area (Å²) in [5, 5.41) is 9.46. The topological polar surface area (TPSA) is 186 Å². The van der Waals surface area contributed by atoms with Crippen LogP contribution in [-0.2, 0) is 57.9 Å². The summed E-state index contributed by atoms with van der Waals surface area (Å²) < 4.78 is 32.5. The van der Waals surface area contributed by atoms with Crippen molar-refractivity contribution < 1.29 is 57.2 Å². The summed E-state index contributed by atoms with van der Waals surface area (Å²) in [6, 6.07) is 4.08. The molecular formula is C58H78N2O12S2. The van der Waals surface area contributed by atoms with E-state index in [1.54, 1.807) is 0 Å². The number of carbonyl (C=O) groups excluding carboxylic acids is 6. The lowest BCUT2D eigenvalue weighted by atomic mass is 9.69. The zero-order valence-electron chi connectivity index (χ0n) is 44.3. The second-order valence-corrected chi connectivity index (χ2v) is 23.7. The molecule has 0 unspecified atom stereocenters. The van der Waals surface area contributed by atoms with Crippen LogP contribution in [0, 0.1) is 72.2 Å². The minimum atomic E-state index is -0.442. The third kappa shape index (κ3) is 17.5. The van der Waals surface area contributed by atoms with Gasteiger partial charge in [-0.15, -0.1) is 0 Å². The van der Waals surface area contributed by atoms with Crippen LogP contribution < -0.4 is 4.74 Å². The molecule has 1 aliphatic heterocycles. The Hall–Kier alpha value is -5.06. The van der Waals surface area contributed by atoms with Crippen molar-refractivity contribution in [2.75, 3.05) is 33.5 Å². The summed E-state index contributed by atoms with van der Waals surface area (Å²) >= 11 is 2.77. The van der Waals surface area contributed by atoms with Crippen LogP contribution in [0.5, 0.6) is 5.75 Å². The van der Waals surface area contributed by atoms with Gasteiger partial charge >= 0.3 is 35.8 Å². The van der Waals surface area contributed by atoms with Gasteiger partial charge in [-0.25, -0.2) is 19.7 Å². The Labute approximate surface area is 447 Å². The number of esters is 6. The van der Waals surface area contributed by atoms with Gasteiger partial charge in [0.25, 0.3) is 5.70 Å². The molecule has 5 aliphatic rings. The summed E-state index contributed by atoms with van der Waals surface area (Å²) in [6.45, 7) is 23.8. The van der Waals surface area contributed by atoms with Crippen molar-refractivity contribution in [2.24, 2.45) is 47.3 Å². The molecule has 0 amide bonds. The summed E-state index contributed by atoms with van der Waals surface area (Å²) in [5.74, 6) is 1.55. The minimum Gasteiger partial charge on any atom is -0.469 e. The van der Waals surface area contributed by atoms with E-state index in [1.807, 2.05) is 13.0 Å². The molecule has 6 rings (SSSR count). The average Bonchev–Trinajstić information content (AvgIpc) is 3.87. The highest BCUT2D eigenvalue weighted by Gasteiger charge is 2.39. The maximum absolute atomic E-state index is 13.6. The second kappa shape index (κ2) is 29.9. The predicted octanol–water partition coefficient (Wildman–Crippen LogP) is 12.5. The van der Waals surface area contributed by atoms with Gasteiger partial charge in [0.1, 0.15) is 5.75 Å². The van der Waals surface area contributed by atoms with E-state index >= 15 is 0 Å². The highest BCUT2D eigenvalue weighted by molar-refractivity contribution is 8.24. The summed E-state index contributed by atoms with van der Waals surface area (Å²) in [5.41, 5.74) is 1.79. The van der Waals surface area contributed by atoms with Crippen LogP contribution in [0.1, 0.15) is 160 Å². The molecule has 0 spiro atoms. The lowest BCUT2D eigenvalue weighted by Crippen LogP contribution is -2.32. The molecule has 404 valence electrons. The van der Waals surface area contributed by atoms with Crippen LogP contribution in [-0.4, -0.2) is 69.4 Å².